The van der Waals surface area contributed by atoms with Crippen molar-refractivity contribution in [1.29, 1.82) is 0 Å². The van der Waals surface area contributed by atoms with Crippen LogP contribution < -0.4 is 16.3 Å². The zero-order valence-electron chi connectivity index (χ0n) is 11.4. The number of amides is 1. The standard InChI is InChI=1S/C15H18N2O3/c1-2-7-16-8-9-17-14(18)12-10-11-5-3-4-6-13(11)20-15(12)19/h3-6,10,16H,2,7-9H2,1H3,(H,17,18). The van der Waals surface area contributed by atoms with Gasteiger partial charge in [-0.05, 0) is 25.1 Å². The highest BCUT2D eigenvalue weighted by molar-refractivity contribution is 5.96. The molecular weight excluding hydrogens is 256 g/mol. The van der Waals surface area contributed by atoms with E-state index < -0.39 is 11.5 Å². The van der Waals surface area contributed by atoms with Gasteiger partial charge in [0.15, 0.2) is 0 Å². The molecule has 0 saturated carbocycles. The van der Waals surface area contributed by atoms with Crippen LogP contribution in [0.4, 0.5) is 0 Å². The maximum Gasteiger partial charge on any atom is 0.349 e. The largest absolute Gasteiger partial charge is 0.422 e. The summed E-state index contributed by atoms with van der Waals surface area (Å²) in [4.78, 5) is 23.7. The van der Waals surface area contributed by atoms with Crippen LogP contribution >= 0.6 is 0 Å². The third-order valence-corrected chi connectivity index (χ3v) is 2.90. The maximum absolute atomic E-state index is 11.9. The van der Waals surface area contributed by atoms with Gasteiger partial charge < -0.3 is 15.1 Å². The van der Waals surface area contributed by atoms with Gasteiger partial charge in [0.1, 0.15) is 11.1 Å². The minimum Gasteiger partial charge on any atom is -0.422 e. The van der Waals surface area contributed by atoms with Crippen LogP contribution in [0.2, 0.25) is 0 Å². The molecule has 0 spiro atoms. The summed E-state index contributed by atoms with van der Waals surface area (Å²) in [6, 6.07) is 8.68. The highest BCUT2D eigenvalue weighted by Gasteiger charge is 2.12. The molecule has 2 N–H and O–H groups in total. The smallest absolute Gasteiger partial charge is 0.349 e. The molecule has 1 amide bonds. The first-order valence-electron chi connectivity index (χ1n) is 6.74. The Morgan fingerprint density at radius 2 is 2.00 bits per heavy atom. The number of nitrogens with one attached hydrogen (secondary N) is 2. The van der Waals surface area contributed by atoms with Crippen molar-refractivity contribution in [2.24, 2.45) is 0 Å². The first-order chi connectivity index (χ1) is 9.72. The number of hydrogen-bond donors (Lipinski definition) is 2. The predicted octanol–water partition coefficient (Wildman–Crippen LogP) is 1.52. The molecular formula is C15H18N2O3. The SMILES string of the molecule is CCCNCCNC(=O)c1cc2ccccc2oc1=O. The summed E-state index contributed by atoms with van der Waals surface area (Å²) in [7, 11) is 0. The van der Waals surface area contributed by atoms with Gasteiger partial charge in [0, 0.05) is 18.5 Å². The summed E-state index contributed by atoms with van der Waals surface area (Å²) >= 11 is 0. The number of carbonyl (C=O) groups excluding carboxylic acids is 1. The molecule has 2 aromatic rings. The lowest BCUT2D eigenvalue weighted by Gasteiger charge is -2.06. The van der Waals surface area contributed by atoms with Crippen molar-refractivity contribution in [3.8, 4) is 0 Å². The zero-order valence-corrected chi connectivity index (χ0v) is 11.4. The van der Waals surface area contributed by atoms with Gasteiger partial charge in [0.05, 0.1) is 0 Å². The van der Waals surface area contributed by atoms with Crippen LogP contribution in [0, 0.1) is 0 Å². The van der Waals surface area contributed by atoms with Crippen molar-refractivity contribution in [2.75, 3.05) is 19.6 Å². The van der Waals surface area contributed by atoms with Crippen molar-refractivity contribution in [3.63, 3.8) is 0 Å². The van der Waals surface area contributed by atoms with Gasteiger partial charge in [-0.3, -0.25) is 4.79 Å². The molecule has 0 unspecified atom stereocenters. The Labute approximate surface area is 117 Å². The van der Waals surface area contributed by atoms with Crippen LogP contribution in [-0.2, 0) is 0 Å². The van der Waals surface area contributed by atoms with Crippen molar-refractivity contribution >= 4 is 16.9 Å². The summed E-state index contributed by atoms with van der Waals surface area (Å²) in [5, 5.41) is 6.61. The lowest BCUT2D eigenvalue weighted by molar-refractivity contribution is 0.0950. The average Bonchev–Trinajstić information content (AvgIpc) is 2.46. The molecule has 1 heterocycles. The fraction of sp³-hybridized carbons (Fsp3) is 0.333. The summed E-state index contributed by atoms with van der Waals surface area (Å²) < 4.78 is 5.13. The maximum atomic E-state index is 11.9. The van der Waals surface area contributed by atoms with Crippen LogP contribution in [0.5, 0.6) is 0 Å². The normalized spacial score (nSPS) is 10.7. The summed E-state index contributed by atoms with van der Waals surface area (Å²) in [6.45, 7) is 4.14. The monoisotopic (exact) mass is 274 g/mol. The molecule has 5 heteroatoms. The van der Waals surface area contributed by atoms with Crippen LogP contribution in [0.15, 0.2) is 39.5 Å². The van der Waals surface area contributed by atoms with Crippen molar-refractivity contribution in [3.05, 3.63) is 46.3 Å². The molecule has 0 saturated heterocycles. The molecule has 0 aliphatic rings. The fourth-order valence-electron chi connectivity index (χ4n) is 1.88. The number of hydrogen-bond acceptors (Lipinski definition) is 4. The molecule has 2 rings (SSSR count). The van der Waals surface area contributed by atoms with E-state index >= 15 is 0 Å². The van der Waals surface area contributed by atoms with Gasteiger partial charge in [-0.2, -0.15) is 0 Å². The first-order valence-corrected chi connectivity index (χ1v) is 6.74. The molecule has 0 aliphatic heterocycles. The topological polar surface area (TPSA) is 71.3 Å². The lowest BCUT2D eigenvalue weighted by atomic mass is 10.2. The Hall–Kier alpha value is -2.14. The Kier molecular flexibility index (Phi) is 4.90. The highest BCUT2D eigenvalue weighted by atomic mass is 16.4. The number of fused-ring (bicyclic) bond motifs is 1. The Bertz CT molecular complexity index is 649. The second kappa shape index (κ2) is 6.86. The molecule has 1 aromatic heterocycles. The van der Waals surface area contributed by atoms with Gasteiger partial charge >= 0.3 is 5.63 Å². The van der Waals surface area contributed by atoms with Gasteiger partial charge in [-0.25, -0.2) is 4.79 Å². The van der Waals surface area contributed by atoms with E-state index in [2.05, 4.69) is 17.6 Å². The van der Waals surface area contributed by atoms with E-state index in [4.69, 9.17) is 4.42 Å². The van der Waals surface area contributed by atoms with Crippen LogP contribution in [0.3, 0.4) is 0 Å². The Balaban J connectivity index is 2.06. The summed E-state index contributed by atoms with van der Waals surface area (Å²) in [6.07, 6.45) is 1.04. The summed E-state index contributed by atoms with van der Waals surface area (Å²) in [5.41, 5.74) is -0.0828. The predicted molar refractivity (Wildman–Crippen MR) is 78.0 cm³/mol. The van der Waals surface area contributed by atoms with Gasteiger partial charge in [-0.15, -0.1) is 0 Å². The van der Waals surface area contributed by atoms with E-state index in [1.165, 1.54) is 0 Å². The molecule has 20 heavy (non-hydrogen) atoms. The van der Waals surface area contributed by atoms with E-state index in [1.807, 2.05) is 6.07 Å². The molecule has 0 atom stereocenters. The van der Waals surface area contributed by atoms with Gasteiger partial charge in [0.2, 0.25) is 0 Å². The molecule has 0 radical (unpaired) electrons. The van der Waals surface area contributed by atoms with Crippen molar-refractivity contribution < 1.29 is 9.21 Å². The average molecular weight is 274 g/mol. The Morgan fingerprint density at radius 1 is 1.20 bits per heavy atom. The minimum absolute atomic E-state index is 0.0409. The second-order valence-electron chi connectivity index (χ2n) is 4.49. The highest BCUT2D eigenvalue weighted by Crippen LogP contribution is 2.12. The van der Waals surface area contributed by atoms with Crippen molar-refractivity contribution in [2.45, 2.75) is 13.3 Å². The van der Waals surface area contributed by atoms with Crippen LogP contribution in [0.1, 0.15) is 23.7 Å². The molecule has 106 valence electrons. The first kappa shape index (κ1) is 14.3. The van der Waals surface area contributed by atoms with E-state index in [0.717, 1.165) is 18.4 Å². The summed E-state index contributed by atoms with van der Waals surface area (Å²) in [5.74, 6) is -0.400. The Morgan fingerprint density at radius 3 is 2.80 bits per heavy atom. The van der Waals surface area contributed by atoms with E-state index in [9.17, 15) is 9.59 Å². The lowest BCUT2D eigenvalue weighted by Crippen LogP contribution is -2.34. The van der Waals surface area contributed by atoms with Crippen LogP contribution in [0.25, 0.3) is 11.0 Å². The molecule has 0 fully saturated rings. The van der Waals surface area contributed by atoms with Gasteiger partial charge in [-0.1, -0.05) is 25.1 Å². The van der Waals surface area contributed by atoms with E-state index in [1.54, 1.807) is 24.3 Å². The van der Waals surface area contributed by atoms with Crippen molar-refractivity contribution in [1.82, 2.24) is 10.6 Å². The van der Waals surface area contributed by atoms with E-state index in [-0.39, 0.29) is 5.56 Å². The van der Waals surface area contributed by atoms with Gasteiger partial charge in [0.25, 0.3) is 5.91 Å². The van der Waals surface area contributed by atoms with Crippen LogP contribution in [-0.4, -0.2) is 25.5 Å². The third kappa shape index (κ3) is 3.45. The molecule has 0 aliphatic carbocycles. The molecule has 5 nitrogen and oxygen atoms in total. The number of carbonyl (C=O) groups is 1. The fourth-order valence-corrected chi connectivity index (χ4v) is 1.88. The second-order valence-corrected chi connectivity index (χ2v) is 4.49. The zero-order chi connectivity index (χ0) is 14.4. The quantitative estimate of drug-likeness (QED) is 0.619. The number of para-hydroxylation sites is 1. The number of benzene rings is 1. The number of rotatable bonds is 6. The minimum atomic E-state index is -0.609. The molecule has 1 aromatic carbocycles. The third-order valence-electron chi connectivity index (χ3n) is 2.90. The van der Waals surface area contributed by atoms with E-state index in [0.29, 0.717) is 18.7 Å². The molecule has 0 bridgehead atoms.